The summed E-state index contributed by atoms with van der Waals surface area (Å²) in [6.45, 7) is 22.6. The molecular weight excluding hydrogens is 348 g/mol. The van der Waals surface area contributed by atoms with Gasteiger partial charge in [0.2, 0.25) is 0 Å². The molecule has 4 nitrogen and oxygen atoms in total. The van der Waals surface area contributed by atoms with E-state index in [4.69, 9.17) is 18.7 Å². The summed E-state index contributed by atoms with van der Waals surface area (Å²) in [4.78, 5) is 0. The first-order valence-corrected chi connectivity index (χ1v) is 9.89. The fraction of sp³-hybridized carbons (Fsp3) is 0.353. The average molecular weight is 370 g/mol. The van der Waals surface area contributed by atoms with Crippen LogP contribution in [0.25, 0.3) is 0 Å². The summed E-state index contributed by atoms with van der Waals surface area (Å²) in [6, 6.07) is 6.52. The number of methoxy groups -OCH3 is 1. The third-order valence-corrected chi connectivity index (χ3v) is 4.69. The maximum atomic E-state index is 7.50. The third-order valence-electron chi connectivity index (χ3n) is 2.68. The fourth-order valence-corrected chi connectivity index (χ4v) is 3.36. The van der Waals surface area contributed by atoms with Crippen molar-refractivity contribution >= 4 is 13.3 Å². The molecule has 0 spiro atoms. The second-order valence-electron chi connectivity index (χ2n) is 5.02. The fourth-order valence-electron chi connectivity index (χ4n) is 1.82. The van der Waals surface area contributed by atoms with Gasteiger partial charge in [0.15, 0.2) is 0 Å². The Balaban J connectivity index is -0.000000231. The van der Waals surface area contributed by atoms with E-state index in [1.807, 2.05) is 0 Å². The maximum Gasteiger partial charge on any atom is 0 e. The molecule has 0 aliphatic heterocycles. The summed E-state index contributed by atoms with van der Waals surface area (Å²) in [7, 11) is 0.457. The molecule has 0 N–H and O–H groups in total. The largest absolute Gasteiger partial charge is 0 e. The Hall–Kier alpha value is -1.27. The molecule has 23 heavy (non-hydrogen) atoms. The smallest absolute Gasteiger partial charge is 0 e. The molecule has 0 aromatic heterocycles. The molecule has 6 heteroatoms. The van der Waals surface area contributed by atoms with E-state index in [9.17, 15) is 0 Å². The predicted molar refractivity (Wildman–Crippen MR) is 86.3 cm³/mol. The molecule has 0 aliphatic carbocycles. The van der Waals surface area contributed by atoms with Crippen LogP contribution in [0.4, 0.5) is 0 Å². The molecule has 0 saturated carbocycles. The van der Waals surface area contributed by atoms with Gasteiger partial charge in [0.25, 0.3) is 0 Å². The number of allylic oxidation sites excluding steroid dienone is 2. The first-order valence-electron chi connectivity index (χ1n) is 6.39. The molecule has 0 heterocycles. The van der Waals surface area contributed by atoms with Crippen molar-refractivity contribution in [3.8, 4) is 5.75 Å². The molecule has 0 radical (unpaired) electrons. The molecule has 124 valence electrons. The van der Waals surface area contributed by atoms with Crippen LogP contribution in [0.2, 0.25) is 19.6 Å². The van der Waals surface area contributed by atoms with Crippen molar-refractivity contribution in [2.24, 2.45) is 0 Å². The van der Waals surface area contributed by atoms with Crippen molar-refractivity contribution in [1.29, 1.82) is 0 Å². The van der Waals surface area contributed by atoms with Crippen molar-refractivity contribution in [2.45, 2.75) is 33.0 Å². The molecule has 0 fully saturated rings. The first kappa shape index (κ1) is 29.7. The van der Waals surface area contributed by atoms with Gasteiger partial charge < -0.3 is 4.74 Å². The van der Waals surface area contributed by atoms with Crippen LogP contribution in [0.1, 0.15) is 12.5 Å². The second-order valence-corrected chi connectivity index (χ2v) is 10.1. The Labute approximate surface area is 151 Å². The molecule has 0 bridgehead atoms. The van der Waals surface area contributed by atoms with Crippen molar-refractivity contribution in [1.82, 2.24) is 0 Å². The van der Waals surface area contributed by atoms with Gasteiger partial charge in [0.05, 0.1) is 15.2 Å². The monoisotopic (exact) mass is 370 g/mol. The minimum Gasteiger partial charge on any atom is 0 e. The summed E-state index contributed by atoms with van der Waals surface area (Å²) in [6.07, 6.45) is 5.21. The Kier molecular flexibility index (Phi) is 24.3. The van der Waals surface area contributed by atoms with Crippen LogP contribution in [-0.2, 0) is 37.7 Å². The normalized spacial score (nSPS) is 8.65. The summed E-state index contributed by atoms with van der Waals surface area (Å²) in [5.41, 5.74) is 1.29. The predicted octanol–water partition coefficient (Wildman–Crippen LogP) is 3.24. The average Bonchev–Trinajstić information content (AvgIpc) is 2.57. The molecule has 0 saturated heterocycles. The van der Waals surface area contributed by atoms with Crippen LogP contribution in [0, 0.1) is 20.0 Å². The Morgan fingerprint density at radius 2 is 1.52 bits per heavy atom. The molecule has 0 atom stereocenters. The Morgan fingerprint density at radius 3 is 1.87 bits per heavy atom. The van der Waals surface area contributed by atoms with Crippen LogP contribution in [0.3, 0.4) is 0 Å². The molecule has 1 aromatic carbocycles. The van der Waals surface area contributed by atoms with Crippen LogP contribution in [-0.4, -0.2) is 15.2 Å². The third kappa shape index (κ3) is 11.9. The molecule has 0 amide bonds. The number of para-hydroxylation sites is 1. The van der Waals surface area contributed by atoms with E-state index in [1.54, 1.807) is 7.11 Å². The van der Waals surface area contributed by atoms with Gasteiger partial charge >= 0.3 is 33.9 Å². The zero-order valence-corrected chi connectivity index (χ0v) is 16.4. The zero-order chi connectivity index (χ0) is 18.2. The van der Waals surface area contributed by atoms with Crippen LogP contribution >= 0.6 is 0 Å². The van der Waals surface area contributed by atoms with Crippen LogP contribution < -0.4 is 9.92 Å². The number of hydrogen-bond acceptors (Lipinski definition) is 1. The second kappa shape index (κ2) is 18.8. The van der Waals surface area contributed by atoms with Gasteiger partial charge in [-0.1, -0.05) is 50.0 Å². The molecule has 1 rings (SSSR count). The topological polar surface area (TPSA) is 68.9 Å². The zero-order valence-electron chi connectivity index (χ0n) is 14.1. The van der Waals surface area contributed by atoms with E-state index in [-0.39, 0.29) is 17.4 Å². The van der Waals surface area contributed by atoms with Crippen molar-refractivity contribution in [3.05, 3.63) is 55.9 Å². The van der Waals surface area contributed by atoms with Gasteiger partial charge in [-0.05, 0) is 24.1 Å². The van der Waals surface area contributed by atoms with E-state index in [0.29, 0.717) is 0 Å². The van der Waals surface area contributed by atoms with E-state index in [1.165, 1.54) is 10.8 Å². The van der Waals surface area contributed by atoms with E-state index >= 15 is 0 Å². The molecule has 0 unspecified atom stereocenters. The van der Waals surface area contributed by atoms with Gasteiger partial charge in [0.1, 0.15) is 5.75 Å². The quantitative estimate of drug-likeness (QED) is 0.347. The summed E-state index contributed by atoms with van der Waals surface area (Å²) in [5, 5.41) is 1.41. The first-order chi connectivity index (χ1) is 10.5. The number of rotatable bonds is 4. The van der Waals surface area contributed by atoms with Crippen molar-refractivity contribution in [3.63, 3.8) is 0 Å². The number of ether oxygens (including phenoxy) is 1. The van der Waals surface area contributed by atoms with Crippen molar-refractivity contribution < 1.29 is 36.1 Å². The molecule has 0 aliphatic rings. The summed E-state index contributed by atoms with van der Waals surface area (Å²) in [5.74, 6) is 1.10. The number of hydrogen-bond donors (Lipinski definition) is 0. The minimum atomic E-state index is -1.32. The Bertz CT molecular complexity index is 485. The van der Waals surface area contributed by atoms with E-state index < -0.39 is 8.07 Å². The van der Waals surface area contributed by atoms with E-state index in [2.05, 4.69) is 76.9 Å². The maximum absolute atomic E-state index is 7.50. The van der Waals surface area contributed by atoms with Gasteiger partial charge in [-0.25, -0.2) is 0 Å². The molecular formula is C17H22CrO4Si. The standard InChI is InChI=1S/C14H22OSi.3CO.Cr/c1-6-7-9-12-10-8-11-13(14(12)15-2)16(3,4)5;3*1-2;/h6-8,10-11H,9H2,1-5H3;;;;/b7-6+;;;;. The summed E-state index contributed by atoms with van der Waals surface area (Å²) < 4.78 is 28.1. The van der Waals surface area contributed by atoms with Crippen molar-refractivity contribution in [2.75, 3.05) is 7.11 Å². The Morgan fingerprint density at radius 1 is 1.04 bits per heavy atom. The van der Waals surface area contributed by atoms with Gasteiger partial charge in [-0.15, -0.1) is 0 Å². The van der Waals surface area contributed by atoms with Gasteiger partial charge in [0, 0.05) is 17.4 Å². The number of benzene rings is 1. The van der Waals surface area contributed by atoms with E-state index in [0.717, 1.165) is 12.2 Å². The summed E-state index contributed by atoms with van der Waals surface area (Å²) >= 11 is 0. The minimum absolute atomic E-state index is 0. The van der Waals surface area contributed by atoms with Crippen LogP contribution in [0.15, 0.2) is 30.4 Å². The van der Waals surface area contributed by atoms with Crippen LogP contribution in [0.5, 0.6) is 5.75 Å². The SMILES string of the molecule is C/C=C/Cc1cccc([Si](C)(C)C)c1OC.[C-]#[O+].[C-]#[O+].[C-]#[O+].[Cr]. The van der Waals surface area contributed by atoms with Gasteiger partial charge in [-0.2, -0.15) is 0 Å². The molecule has 1 aromatic rings. The van der Waals surface area contributed by atoms with Gasteiger partial charge in [-0.3, -0.25) is 0 Å².